The van der Waals surface area contributed by atoms with Crippen molar-refractivity contribution < 1.29 is 19.1 Å². The molecule has 2 amide bonds. The molecule has 0 saturated carbocycles. The summed E-state index contributed by atoms with van der Waals surface area (Å²) in [5, 5.41) is 2.49. The van der Waals surface area contributed by atoms with Gasteiger partial charge in [-0.2, -0.15) is 0 Å². The molecule has 2 aliphatic rings. The number of halogens is 2. The highest BCUT2D eigenvalue weighted by atomic mass is 35.5. The third kappa shape index (κ3) is 3.76. The SMILES string of the molecule is COc1ccc2[nH]c(Cl)c(/C=C3/C(=O)N(C)c4cc5c(cc43)/C(=C\c3c(Cl)[nH]c4ccc(OC)cc34)C(=O)N5C)c2c1. The second-order valence-corrected chi connectivity index (χ2v) is 11.0. The van der Waals surface area contributed by atoms with Gasteiger partial charge in [0.1, 0.15) is 21.8 Å². The topological polar surface area (TPSA) is 90.7 Å². The number of fused-ring (bicyclic) bond motifs is 4. The van der Waals surface area contributed by atoms with Gasteiger partial charge in [0.25, 0.3) is 11.8 Å². The molecule has 7 rings (SSSR count). The van der Waals surface area contributed by atoms with Gasteiger partial charge in [-0.05, 0) is 60.7 Å². The fourth-order valence-corrected chi connectivity index (χ4v) is 6.31. The fraction of sp³-hybridized carbons (Fsp3) is 0.125. The van der Waals surface area contributed by atoms with Gasteiger partial charge in [0.2, 0.25) is 0 Å². The van der Waals surface area contributed by atoms with Crippen molar-refractivity contribution in [3.63, 3.8) is 0 Å². The lowest BCUT2D eigenvalue weighted by molar-refractivity contribution is -0.113. The molecular weight excluding hydrogens is 575 g/mol. The molecule has 10 heteroatoms. The van der Waals surface area contributed by atoms with Gasteiger partial charge in [-0.3, -0.25) is 9.59 Å². The molecule has 210 valence electrons. The normalized spacial score (nSPS) is 16.4. The van der Waals surface area contributed by atoms with Gasteiger partial charge >= 0.3 is 0 Å². The van der Waals surface area contributed by atoms with E-state index >= 15 is 0 Å². The fourth-order valence-electron chi connectivity index (χ4n) is 5.80. The van der Waals surface area contributed by atoms with Gasteiger partial charge in [-0.15, -0.1) is 0 Å². The highest BCUT2D eigenvalue weighted by molar-refractivity contribution is 6.41. The molecule has 0 fully saturated rings. The number of nitrogens with zero attached hydrogens (tertiary/aromatic N) is 2. The van der Waals surface area contributed by atoms with Crippen LogP contribution in [0.3, 0.4) is 0 Å². The number of anilines is 2. The first kappa shape index (κ1) is 26.3. The van der Waals surface area contributed by atoms with Crippen molar-refractivity contribution in [2.45, 2.75) is 0 Å². The molecule has 5 aromatic rings. The second-order valence-electron chi connectivity index (χ2n) is 10.3. The average Bonchev–Trinajstić information content (AvgIpc) is 3.63. The lowest BCUT2D eigenvalue weighted by Gasteiger charge is -2.14. The molecule has 0 saturated heterocycles. The Bertz CT molecular complexity index is 1930. The number of rotatable bonds is 4. The largest absolute Gasteiger partial charge is 0.497 e. The summed E-state index contributed by atoms with van der Waals surface area (Å²) in [7, 11) is 6.65. The summed E-state index contributed by atoms with van der Waals surface area (Å²) in [5.74, 6) is 1.01. The number of benzene rings is 3. The van der Waals surface area contributed by atoms with Crippen LogP contribution in [0.5, 0.6) is 11.5 Å². The Morgan fingerprint density at radius 1 is 0.667 bits per heavy atom. The van der Waals surface area contributed by atoms with Crippen molar-refractivity contribution in [2.24, 2.45) is 0 Å². The first-order valence-corrected chi connectivity index (χ1v) is 13.8. The van der Waals surface area contributed by atoms with Gasteiger partial charge in [-0.1, -0.05) is 23.2 Å². The van der Waals surface area contributed by atoms with Crippen LogP contribution in [0.25, 0.3) is 45.1 Å². The van der Waals surface area contributed by atoms with Crippen LogP contribution >= 0.6 is 23.2 Å². The molecule has 3 aromatic carbocycles. The van der Waals surface area contributed by atoms with E-state index < -0.39 is 0 Å². The number of hydrogen-bond acceptors (Lipinski definition) is 4. The number of carbonyl (C=O) groups is 2. The number of nitrogens with one attached hydrogen (secondary N) is 2. The number of carbonyl (C=O) groups excluding carboxylic acids is 2. The summed E-state index contributed by atoms with van der Waals surface area (Å²) in [4.78, 5) is 36.7. The summed E-state index contributed by atoms with van der Waals surface area (Å²) in [6.07, 6.45) is 3.59. The van der Waals surface area contributed by atoms with Crippen LogP contribution in [-0.2, 0) is 9.59 Å². The third-order valence-corrected chi connectivity index (χ3v) is 8.66. The smallest absolute Gasteiger partial charge is 0.258 e. The van der Waals surface area contributed by atoms with Crippen molar-refractivity contribution in [3.8, 4) is 11.5 Å². The maximum absolute atomic E-state index is 13.6. The molecule has 4 heterocycles. The molecule has 0 atom stereocenters. The second kappa shape index (κ2) is 9.44. The van der Waals surface area contributed by atoms with Crippen molar-refractivity contribution >= 4 is 91.5 Å². The quantitative estimate of drug-likeness (QED) is 0.218. The number of likely N-dealkylation sites (N-methyl/N-ethyl adjacent to an activating group) is 2. The van der Waals surface area contributed by atoms with Crippen LogP contribution < -0.4 is 19.3 Å². The van der Waals surface area contributed by atoms with E-state index in [0.29, 0.717) is 66.6 Å². The van der Waals surface area contributed by atoms with Crippen molar-refractivity contribution in [2.75, 3.05) is 38.1 Å². The molecule has 0 aliphatic carbocycles. The van der Waals surface area contributed by atoms with Crippen molar-refractivity contribution in [1.29, 1.82) is 0 Å². The predicted molar refractivity (Wildman–Crippen MR) is 169 cm³/mol. The first-order chi connectivity index (χ1) is 20.2. The Hall–Kier alpha value is -4.66. The van der Waals surface area contributed by atoms with Crippen LogP contribution in [0, 0.1) is 0 Å². The highest BCUT2D eigenvalue weighted by Crippen LogP contribution is 2.47. The van der Waals surface area contributed by atoms with Crippen LogP contribution in [0.4, 0.5) is 11.4 Å². The Labute approximate surface area is 250 Å². The number of ether oxygens (including phenoxy) is 2. The van der Waals surface area contributed by atoms with Crippen molar-refractivity contribution in [1.82, 2.24) is 9.97 Å². The van der Waals surface area contributed by atoms with E-state index in [0.717, 1.165) is 21.8 Å². The minimum Gasteiger partial charge on any atom is -0.497 e. The molecule has 2 aromatic heterocycles. The molecule has 2 N–H and O–H groups in total. The van der Waals surface area contributed by atoms with Gasteiger partial charge in [0.05, 0.1) is 25.6 Å². The van der Waals surface area contributed by atoms with E-state index in [1.807, 2.05) is 48.5 Å². The minimum atomic E-state index is -0.173. The number of aromatic amines is 2. The predicted octanol–water partition coefficient (Wildman–Crippen LogP) is 7.01. The molecule has 0 unspecified atom stereocenters. The van der Waals surface area contributed by atoms with E-state index in [1.54, 1.807) is 50.3 Å². The Morgan fingerprint density at radius 2 is 1.10 bits per heavy atom. The number of H-pyrrole nitrogens is 2. The molecule has 2 aliphatic heterocycles. The van der Waals surface area contributed by atoms with E-state index in [9.17, 15) is 9.59 Å². The van der Waals surface area contributed by atoms with Crippen molar-refractivity contribution in [3.05, 3.63) is 81.1 Å². The Morgan fingerprint density at radius 3 is 1.50 bits per heavy atom. The average molecular weight is 599 g/mol. The number of hydrogen-bond donors (Lipinski definition) is 2. The molecule has 42 heavy (non-hydrogen) atoms. The molecular formula is C32H24Cl2N4O4. The summed E-state index contributed by atoms with van der Waals surface area (Å²) < 4.78 is 10.8. The Kier molecular flexibility index (Phi) is 5.90. The summed E-state index contributed by atoms with van der Waals surface area (Å²) in [6.45, 7) is 0. The van der Waals surface area contributed by atoms with Gasteiger partial charge in [0, 0.05) is 69.3 Å². The molecule has 0 bridgehead atoms. The zero-order chi connectivity index (χ0) is 29.4. The van der Waals surface area contributed by atoms with Crippen LogP contribution in [-0.4, -0.2) is 50.1 Å². The third-order valence-electron chi connectivity index (χ3n) is 8.06. The summed E-state index contributed by atoms with van der Waals surface area (Å²) in [5.41, 5.74) is 6.76. The molecule has 8 nitrogen and oxygen atoms in total. The lowest BCUT2D eigenvalue weighted by Crippen LogP contribution is -2.22. The van der Waals surface area contributed by atoms with E-state index in [-0.39, 0.29) is 11.8 Å². The standard InChI is InChI=1S/C32H24Cl2N4O4/c1-37-27-14-28-20(24(32(40)38(28)2)13-22-18-10-16(42-4)6-8-26(18)36-30(22)34)11-19(27)23(31(37)39)12-21-17-9-15(41-3)5-7-25(17)35-29(21)33/h5-14,35-36H,1-4H3/b23-12+,24-13+. The van der Waals surface area contributed by atoms with E-state index in [1.165, 1.54) is 0 Å². The zero-order valence-electron chi connectivity index (χ0n) is 23.1. The van der Waals surface area contributed by atoms with Crippen LogP contribution in [0.1, 0.15) is 22.3 Å². The molecule has 0 spiro atoms. The Balaban J connectivity index is 1.42. The molecule has 0 radical (unpaired) electrons. The van der Waals surface area contributed by atoms with E-state index in [2.05, 4.69) is 9.97 Å². The minimum absolute atomic E-state index is 0.173. The highest BCUT2D eigenvalue weighted by Gasteiger charge is 2.37. The zero-order valence-corrected chi connectivity index (χ0v) is 24.6. The monoisotopic (exact) mass is 598 g/mol. The van der Waals surface area contributed by atoms with Crippen LogP contribution in [0.15, 0.2) is 48.5 Å². The first-order valence-electron chi connectivity index (χ1n) is 13.1. The number of methoxy groups -OCH3 is 2. The maximum Gasteiger partial charge on any atom is 0.258 e. The lowest BCUT2D eigenvalue weighted by atomic mass is 9.97. The van der Waals surface area contributed by atoms with E-state index in [4.69, 9.17) is 32.7 Å². The van der Waals surface area contributed by atoms with Gasteiger partial charge in [0.15, 0.2) is 0 Å². The van der Waals surface area contributed by atoms with Gasteiger partial charge < -0.3 is 29.2 Å². The number of amides is 2. The van der Waals surface area contributed by atoms with Gasteiger partial charge in [-0.25, -0.2) is 0 Å². The summed E-state index contributed by atoms with van der Waals surface area (Å²) >= 11 is 13.2. The summed E-state index contributed by atoms with van der Waals surface area (Å²) in [6, 6.07) is 15.0. The van der Waals surface area contributed by atoms with Crippen LogP contribution in [0.2, 0.25) is 10.3 Å². The maximum atomic E-state index is 13.6. The number of aromatic nitrogens is 2.